The van der Waals surface area contributed by atoms with Gasteiger partial charge in [-0.25, -0.2) is 0 Å². The molecule has 0 saturated heterocycles. The quantitative estimate of drug-likeness (QED) is 0.248. The molecule has 0 unspecified atom stereocenters. The molecule has 0 saturated carbocycles. The first-order valence-electron chi connectivity index (χ1n) is 12.8. The van der Waals surface area contributed by atoms with E-state index < -0.39 is 7.92 Å². The highest BCUT2D eigenvalue weighted by Crippen LogP contribution is 2.64. The predicted octanol–water partition coefficient (Wildman–Crippen LogP) is 9.30. The molecule has 2 heteroatoms. The summed E-state index contributed by atoms with van der Waals surface area (Å²) in [5.74, 6) is 0. The standard InChI is InChI=1S/C32H44P2/c1-9-31(5,6)34(32(7,8)10-2)24-28-20-14-13-19-27(28)23-33(29-21-15-11-17-25(29)3)30-22-16-12-18-26(30)4/h11-22H,9-10,23-24H2,1-8H3. The van der Waals surface area contributed by atoms with Crippen molar-refractivity contribution in [1.82, 2.24) is 0 Å². The van der Waals surface area contributed by atoms with E-state index in [1.54, 1.807) is 11.1 Å². The highest BCUT2D eigenvalue weighted by Gasteiger charge is 2.38. The molecule has 0 N–H and O–H groups in total. The maximum absolute atomic E-state index is 2.51. The van der Waals surface area contributed by atoms with Crippen LogP contribution in [0, 0.1) is 13.8 Å². The third-order valence-electron chi connectivity index (χ3n) is 7.78. The number of hydrogen-bond donors (Lipinski definition) is 0. The maximum Gasteiger partial charge on any atom is 0.00105 e. The fraction of sp³-hybridized carbons (Fsp3) is 0.438. The van der Waals surface area contributed by atoms with Gasteiger partial charge >= 0.3 is 0 Å². The van der Waals surface area contributed by atoms with Crippen LogP contribution in [0.25, 0.3) is 0 Å². The Labute approximate surface area is 212 Å². The van der Waals surface area contributed by atoms with Crippen LogP contribution in [0.15, 0.2) is 72.8 Å². The number of aryl methyl sites for hydroxylation is 2. The molecule has 0 aliphatic carbocycles. The molecule has 182 valence electrons. The van der Waals surface area contributed by atoms with Crippen molar-refractivity contribution in [3.05, 3.63) is 95.1 Å². The molecule has 0 atom stereocenters. The third-order valence-corrected chi connectivity index (χ3v) is 14.8. The lowest BCUT2D eigenvalue weighted by atomic mass is 10.1. The summed E-state index contributed by atoms with van der Waals surface area (Å²) in [6.45, 7) is 19.3. The second-order valence-corrected chi connectivity index (χ2v) is 16.6. The topological polar surface area (TPSA) is 0 Å². The molecule has 0 nitrogen and oxygen atoms in total. The van der Waals surface area contributed by atoms with Crippen LogP contribution in [0.1, 0.15) is 76.6 Å². The smallest absolute Gasteiger partial charge is 0.00105 e. The first kappa shape index (κ1) is 27.1. The minimum atomic E-state index is -0.466. The molecule has 0 aliphatic heterocycles. The average molecular weight is 491 g/mol. The highest BCUT2D eigenvalue weighted by molar-refractivity contribution is 7.72. The van der Waals surface area contributed by atoms with Gasteiger partial charge < -0.3 is 0 Å². The largest absolute Gasteiger partial charge is 0.0906 e. The highest BCUT2D eigenvalue weighted by atomic mass is 31.1. The Morgan fingerprint density at radius 2 is 0.941 bits per heavy atom. The minimum Gasteiger partial charge on any atom is -0.0906 e. The van der Waals surface area contributed by atoms with E-state index in [0.29, 0.717) is 10.3 Å². The van der Waals surface area contributed by atoms with Crippen LogP contribution in [0.5, 0.6) is 0 Å². The molecule has 0 aromatic heterocycles. The van der Waals surface area contributed by atoms with Crippen molar-refractivity contribution >= 4 is 26.5 Å². The van der Waals surface area contributed by atoms with Crippen molar-refractivity contribution in [3.8, 4) is 0 Å². The Bertz CT molecular complexity index is 1020. The lowest BCUT2D eigenvalue weighted by Crippen LogP contribution is -2.30. The molecule has 0 bridgehead atoms. The van der Waals surface area contributed by atoms with Crippen LogP contribution in [0.2, 0.25) is 0 Å². The SMILES string of the molecule is CCC(C)(C)P(Cc1ccccc1CP(c1ccccc1C)c1ccccc1C)C(C)(C)CC. The van der Waals surface area contributed by atoms with Gasteiger partial charge in [0, 0.05) is 6.16 Å². The van der Waals surface area contributed by atoms with Gasteiger partial charge in [-0.1, -0.05) is 122 Å². The molecule has 3 aromatic rings. The van der Waals surface area contributed by atoms with Crippen LogP contribution in [-0.2, 0) is 12.3 Å². The van der Waals surface area contributed by atoms with Crippen molar-refractivity contribution in [2.45, 2.75) is 90.9 Å². The van der Waals surface area contributed by atoms with E-state index in [1.165, 1.54) is 40.7 Å². The Kier molecular flexibility index (Phi) is 9.17. The van der Waals surface area contributed by atoms with Crippen molar-refractivity contribution in [3.63, 3.8) is 0 Å². The van der Waals surface area contributed by atoms with Crippen LogP contribution in [0.4, 0.5) is 0 Å². The average Bonchev–Trinajstić information content (AvgIpc) is 2.82. The lowest BCUT2D eigenvalue weighted by molar-refractivity contribution is 0.601. The summed E-state index contributed by atoms with van der Waals surface area (Å²) < 4.78 is 0. The van der Waals surface area contributed by atoms with E-state index in [0.717, 1.165) is 6.16 Å². The van der Waals surface area contributed by atoms with Gasteiger partial charge in [0.25, 0.3) is 0 Å². The lowest BCUT2D eigenvalue weighted by Gasteiger charge is -2.45. The van der Waals surface area contributed by atoms with Crippen molar-refractivity contribution in [2.24, 2.45) is 0 Å². The van der Waals surface area contributed by atoms with E-state index in [9.17, 15) is 0 Å². The summed E-state index contributed by atoms with van der Waals surface area (Å²) in [5, 5.41) is 3.79. The molecule has 0 heterocycles. The van der Waals surface area contributed by atoms with Gasteiger partial charge in [-0.15, -0.1) is 0 Å². The summed E-state index contributed by atoms with van der Waals surface area (Å²) in [6, 6.07) is 27.4. The molecule has 34 heavy (non-hydrogen) atoms. The van der Waals surface area contributed by atoms with Crippen molar-refractivity contribution in [2.75, 3.05) is 0 Å². The Morgan fingerprint density at radius 1 is 0.559 bits per heavy atom. The second-order valence-electron chi connectivity index (χ2n) is 10.8. The van der Waals surface area contributed by atoms with Crippen molar-refractivity contribution in [1.29, 1.82) is 0 Å². The van der Waals surface area contributed by atoms with Crippen LogP contribution >= 0.6 is 15.8 Å². The van der Waals surface area contributed by atoms with E-state index in [-0.39, 0.29) is 7.92 Å². The first-order chi connectivity index (χ1) is 16.1. The number of rotatable bonds is 10. The van der Waals surface area contributed by atoms with Crippen LogP contribution in [0.3, 0.4) is 0 Å². The van der Waals surface area contributed by atoms with Gasteiger partial charge in [0.15, 0.2) is 0 Å². The fourth-order valence-electron chi connectivity index (χ4n) is 4.87. The third kappa shape index (κ3) is 6.20. The number of benzene rings is 3. The monoisotopic (exact) mass is 490 g/mol. The molecule has 3 aromatic carbocycles. The van der Waals surface area contributed by atoms with E-state index in [2.05, 4.69) is 128 Å². The molecule has 0 aliphatic rings. The molecular weight excluding hydrogens is 446 g/mol. The zero-order chi connectivity index (χ0) is 24.9. The Hall–Kier alpha value is -1.48. The normalized spacial score (nSPS) is 12.5. The summed E-state index contributed by atoms with van der Waals surface area (Å²) >= 11 is 0. The van der Waals surface area contributed by atoms with Gasteiger partial charge in [-0.05, 0) is 83.9 Å². The van der Waals surface area contributed by atoms with Gasteiger partial charge in [-0.3, -0.25) is 0 Å². The van der Waals surface area contributed by atoms with Gasteiger partial charge in [-0.2, -0.15) is 0 Å². The first-order valence-corrected chi connectivity index (χ1v) is 15.9. The van der Waals surface area contributed by atoms with E-state index in [4.69, 9.17) is 0 Å². The molecule has 0 fully saturated rings. The predicted molar refractivity (Wildman–Crippen MR) is 158 cm³/mol. The van der Waals surface area contributed by atoms with Gasteiger partial charge in [0.1, 0.15) is 0 Å². The van der Waals surface area contributed by atoms with Crippen LogP contribution in [-0.4, -0.2) is 10.3 Å². The van der Waals surface area contributed by atoms with Gasteiger partial charge in [0.2, 0.25) is 0 Å². The summed E-state index contributed by atoms with van der Waals surface area (Å²) in [7, 11) is -0.645. The number of hydrogen-bond acceptors (Lipinski definition) is 0. The van der Waals surface area contributed by atoms with E-state index in [1.807, 2.05) is 0 Å². The molecule has 0 spiro atoms. The fourth-order valence-corrected chi connectivity index (χ4v) is 11.6. The molecule has 0 amide bonds. The second kappa shape index (κ2) is 11.5. The maximum atomic E-state index is 2.51. The molecule has 0 radical (unpaired) electrons. The Balaban J connectivity index is 2.06. The van der Waals surface area contributed by atoms with E-state index >= 15 is 0 Å². The Morgan fingerprint density at radius 3 is 1.35 bits per heavy atom. The zero-order valence-electron chi connectivity index (χ0n) is 22.7. The summed E-state index contributed by atoms with van der Waals surface area (Å²) in [4.78, 5) is 0. The zero-order valence-corrected chi connectivity index (χ0v) is 24.4. The summed E-state index contributed by atoms with van der Waals surface area (Å²) in [6.07, 6.45) is 4.81. The van der Waals surface area contributed by atoms with Crippen molar-refractivity contribution < 1.29 is 0 Å². The molecular formula is C32H44P2. The molecule has 3 rings (SSSR count). The summed E-state index contributed by atoms with van der Waals surface area (Å²) in [5.41, 5.74) is 5.95. The minimum absolute atomic E-state index is 0.179. The van der Waals surface area contributed by atoms with Gasteiger partial charge in [0.05, 0.1) is 0 Å². The van der Waals surface area contributed by atoms with Crippen LogP contribution < -0.4 is 10.6 Å².